The number of methoxy groups -OCH3 is 1. The van der Waals surface area contributed by atoms with Crippen LogP contribution in [-0.2, 0) is 4.79 Å². The molecule has 0 spiro atoms. The number of rotatable bonds is 3. The van der Waals surface area contributed by atoms with Gasteiger partial charge in [0.2, 0.25) is 0 Å². The Hall–Kier alpha value is -3.23. The number of carbonyl (C=O) groups excluding carboxylic acids is 1. The van der Waals surface area contributed by atoms with Gasteiger partial charge in [-0.25, -0.2) is 0 Å². The van der Waals surface area contributed by atoms with Crippen molar-refractivity contribution in [3.63, 3.8) is 0 Å². The standard InChI is InChI=1S/C23H20ClN3O2/c1-29-17-11-9-16(10-12-17)27-19-3-2-4-20(28)22(19)21(18(13-25)23(27)26)14-5-7-15(24)8-6-14/h5-12,21H,2-4,26H2,1H3. The number of ketones is 1. The van der Waals surface area contributed by atoms with Crippen molar-refractivity contribution in [1.82, 2.24) is 0 Å². The second-order valence-corrected chi connectivity index (χ2v) is 7.50. The molecule has 1 aliphatic heterocycles. The van der Waals surface area contributed by atoms with Crippen LogP contribution in [0.4, 0.5) is 5.69 Å². The van der Waals surface area contributed by atoms with Crippen LogP contribution in [0.5, 0.6) is 5.75 Å². The lowest BCUT2D eigenvalue weighted by atomic mass is 9.75. The van der Waals surface area contributed by atoms with Crippen molar-refractivity contribution in [1.29, 1.82) is 5.26 Å². The molecule has 1 atom stereocenters. The lowest BCUT2D eigenvalue weighted by Gasteiger charge is -2.39. The highest BCUT2D eigenvalue weighted by Crippen LogP contribution is 2.46. The summed E-state index contributed by atoms with van der Waals surface area (Å²) in [7, 11) is 1.61. The fourth-order valence-electron chi connectivity index (χ4n) is 4.10. The van der Waals surface area contributed by atoms with Gasteiger partial charge in [0.1, 0.15) is 11.6 Å². The first-order valence-corrected chi connectivity index (χ1v) is 9.78. The maximum atomic E-state index is 13.0. The molecule has 0 amide bonds. The molecule has 0 aromatic heterocycles. The van der Waals surface area contributed by atoms with Crippen LogP contribution in [0.1, 0.15) is 30.7 Å². The molecule has 1 aliphatic carbocycles. The summed E-state index contributed by atoms with van der Waals surface area (Å²) >= 11 is 6.04. The quantitative estimate of drug-likeness (QED) is 0.803. The first-order chi connectivity index (χ1) is 14.0. The first-order valence-electron chi connectivity index (χ1n) is 9.40. The lowest BCUT2D eigenvalue weighted by molar-refractivity contribution is -0.116. The molecular formula is C23H20ClN3O2. The molecule has 2 aliphatic rings. The highest BCUT2D eigenvalue weighted by Gasteiger charge is 2.40. The maximum absolute atomic E-state index is 13.0. The van der Waals surface area contributed by atoms with Crippen LogP contribution in [-0.4, -0.2) is 12.9 Å². The smallest absolute Gasteiger partial charge is 0.161 e. The summed E-state index contributed by atoms with van der Waals surface area (Å²) in [5, 5.41) is 10.6. The number of allylic oxidation sites excluding steroid dienone is 3. The van der Waals surface area contributed by atoms with Crippen LogP contribution in [0.2, 0.25) is 5.02 Å². The summed E-state index contributed by atoms with van der Waals surface area (Å²) in [6.07, 6.45) is 1.95. The highest BCUT2D eigenvalue weighted by molar-refractivity contribution is 6.30. The Morgan fingerprint density at radius 1 is 1.14 bits per heavy atom. The average molecular weight is 406 g/mol. The van der Waals surface area contributed by atoms with Gasteiger partial charge in [-0.3, -0.25) is 9.69 Å². The van der Waals surface area contributed by atoms with Crippen LogP contribution < -0.4 is 15.4 Å². The van der Waals surface area contributed by atoms with Gasteiger partial charge in [-0.15, -0.1) is 0 Å². The van der Waals surface area contributed by atoms with E-state index in [4.69, 9.17) is 22.1 Å². The summed E-state index contributed by atoms with van der Waals surface area (Å²) in [5.74, 6) is 0.660. The Labute approximate surface area is 174 Å². The second kappa shape index (κ2) is 7.65. The lowest BCUT2D eigenvalue weighted by Crippen LogP contribution is -2.38. The number of hydrogen-bond donors (Lipinski definition) is 1. The third-order valence-electron chi connectivity index (χ3n) is 5.45. The fourth-order valence-corrected chi connectivity index (χ4v) is 4.23. The Balaban J connectivity index is 1.92. The highest BCUT2D eigenvalue weighted by atomic mass is 35.5. The zero-order valence-electron chi connectivity index (χ0n) is 16.0. The Morgan fingerprint density at radius 2 is 1.83 bits per heavy atom. The molecule has 0 saturated carbocycles. The summed E-state index contributed by atoms with van der Waals surface area (Å²) in [6.45, 7) is 0. The Bertz CT molecular complexity index is 1060. The number of benzene rings is 2. The van der Waals surface area contributed by atoms with Crippen molar-refractivity contribution in [2.24, 2.45) is 5.73 Å². The van der Waals surface area contributed by atoms with Crippen molar-refractivity contribution in [3.8, 4) is 11.8 Å². The van der Waals surface area contributed by atoms with Crippen molar-refractivity contribution in [2.45, 2.75) is 25.2 Å². The summed E-state index contributed by atoms with van der Waals surface area (Å²) in [6, 6.07) is 16.9. The number of nitrogens with zero attached hydrogens (tertiary/aromatic N) is 2. The number of nitriles is 1. The van der Waals surface area contributed by atoms with E-state index in [0.717, 1.165) is 35.5 Å². The van der Waals surface area contributed by atoms with Crippen molar-refractivity contribution in [3.05, 3.63) is 81.8 Å². The van der Waals surface area contributed by atoms with Gasteiger partial charge in [-0.2, -0.15) is 5.26 Å². The molecule has 6 heteroatoms. The fraction of sp³-hybridized carbons (Fsp3) is 0.217. The van der Waals surface area contributed by atoms with E-state index in [2.05, 4.69) is 6.07 Å². The zero-order valence-corrected chi connectivity index (χ0v) is 16.7. The molecule has 2 aromatic rings. The second-order valence-electron chi connectivity index (χ2n) is 7.07. The van der Waals surface area contributed by atoms with Gasteiger partial charge in [0, 0.05) is 28.4 Å². The predicted octanol–water partition coefficient (Wildman–Crippen LogP) is 4.65. The van der Waals surface area contributed by atoms with Gasteiger partial charge in [-0.1, -0.05) is 23.7 Å². The van der Waals surface area contributed by atoms with Gasteiger partial charge < -0.3 is 10.5 Å². The third-order valence-corrected chi connectivity index (χ3v) is 5.70. The van der Waals surface area contributed by atoms with E-state index in [0.29, 0.717) is 28.4 Å². The SMILES string of the molecule is COc1ccc(N2C(N)=C(C#N)C(c3ccc(Cl)cc3)C3=C2CCCC3=O)cc1. The maximum Gasteiger partial charge on any atom is 0.161 e. The van der Waals surface area contributed by atoms with E-state index >= 15 is 0 Å². The Morgan fingerprint density at radius 3 is 2.45 bits per heavy atom. The van der Waals surface area contributed by atoms with Crippen molar-refractivity contribution in [2.75, 3.05) is 12.0 Å². The van der Waals surface area contributed by atoms with Crippen LogP contribution in [0.3, 0.4) is 0 Å². The minimum absolute atomic E-state index is 0.0601. The van der Waals surface area contributed by atoms with E-state index in [-0.39, 0.29) is 5.78 Å². The summed E-state index contributed by atoms with van der Waals surface area (Å²) < 4.78 is 5.24. The Kier molecular flexibility index (Phi) is 5.04. The van der Waals surface area contributed by atoms with Gasteiger partial charge in [0.15, 0.2) is 5.78 Å². The van der Waals surface area contributed by atoms with E-state index in [1.807, 2.05) is 41.3 Å². The number of halogens is 1. The van der Waals surface area contributed by atoms with Crippen LogP contribution in [0, 0.1) is 11.3 Å². The molecule has 1 heterocycles. The summed E-state index contributed by atoms with van der Waals surface area (Å²) in [5.41, 5.74) is 10.1. The third kappa shape index (κ3) is 3.26. The number of ether oxygens (including phenoxy) is 1. The van der Waals surface area contributed by atoms with E-state index < -0.39 is 5.92 Å². The van der Waals surface area contributed by atoms with Gasteiger partial charge >= 0.3 is 0 Å². The van der Waals surface area contributed by atoms with Crippen molar-refractivity contribution < 1.29 is 9.53 Å². The molecule has 0 bridgehead atoms. The minimum atomic E-state index is -0.477. The molecule has 4 rings (SSSR count). The molecule has 2 N–H and O–H groups in total. The number of anilines is 1. The molecule has 0 radical (unpaired) electrons. The molecule has 0 fully saturated rings. The molecule has 146 valence electrons. The first kappa shape index (κ1) is 19.1. The largest absolute Gasteiger partial charge is 0.497 e. The van der Waals surface area contributed by atoms with Gasteiger partial charge in [0.25, 0.3) is 0 Å². The van der Waals surface area contributed by atoms with Crippen LogP contribution in [0.15, 0.2) is 71.2 Å². The average Bonchev–Trinajstić information content (AvgIpc) is 2.74. The van der Waals surface area contributed by atoms with Crippen LogP contribution in [0.25, 0.3) is 0 Å². The van der Waals surface area contributed by atoms with Gasteiger partial charge in [-0.05, 0) is 54.8 Å². The van der Waals surface area contributed by atoms with Gasteiger partial charge in [0.05, 0.1) is 24.7 Å². The summed E-state index contributed by atoms with van der Waals surface area (Å²) in [4.78, 5) is 14.9. The topological polar surface area (TPSA) is 79.3 Å². The molecule has 2 aromatic carbocycles. The number of carbonyl (C=O) groups is 1. The number of nitrogens with two attached hydrogens (primary N) is 1. The normalized spacial score (nSPS) is 19.1. The van der Waals surface area contributed by atoms with E-state index in [9.17, 15) is 10.1 Å². The predicted molar refractivity (Wildman–Crippen MR) is 112 cm³/mol. The zero-order chi connectivity index (χ0) is 20.5. The number of Topliss-reactive ketones (excluding diaryl/α,β-unsaturated/α-hetero) is 1. The van der Waals surface area contributed by atoms with E-state index in [1.165, 1.54) is 0 Å². The molecule has 29 heavy (non-hydrogen) atoms. The van der Waals surface area contributed by atoms with Crippen molar-refractivity contribution >= 4 is 23.1 Å². The monoisotopic (exact) mass is 405 g/mol. The van der Waals surface area contributed by atoms with Crippen LogP contribution >= 0.6 is 11.6 Å². The minimum Gasteiger partial charge on any atom is -0.497 e. The molecular weight excluding hydrogens is 386 g/mol. The number of hydrogen-bond acceptors (Lipinski definition) is 5. The molecule has 1 unspecified atom stereocenters. The molecule has 5 nitrogen and oxygen atoms in total. The van der Waals surface area contributed by atoms with E-state index in [1.54, 1.807) is 19.2 Å². The molecule has 0 saturated heterocycles.